The van der Waals surface area contributed by atoms with Crippen molar-refractivity contribution in [1.82, 2.24) is 20.0 Å². The predicted molar refractivity (Wildman–Crippen MR) is 279 cm³/mol. The fourth-order valence-corrected chi connectivity index (χ4v) is 11.6. The molecule has 14 nitrogen and oxygen atoms in total. The van der Waals surface area contributed by atoms with Crippen molar-refractivity contribution in [3.05, 3.63) is 124 Å². The number of anilines is 3. The summed E-state index contributed by atoms with van der Waals surface area (Å²) in [5.74, 6) is -5.54. The van der Waals surface area contributed by atoms with E-state index in [0.717, 1.165) is 36.3 Å². The number of Topliss-reactive ketones (excluding diaryl/α,β-unsaturated/α-hetero) is 1. The Kier molecular flexibility index (Phi) is 16.6. The third kappa shape index (κ3) is 11.7. The number of ketones is 1. The van der Waals surface area contributed by atoms with E-state index in [0.29, 0.717) is 93.3 Å². The maximum atomic E-state index is 15.2. The van der Waals surface area contributed by atoms with Crippen LogP contribution in [0, 0.1) is 35.2 Å². The van der Waals surface area contributed by atoms with Crippen molar-refractivity contribution in [3.63, 3.8) is 0 Å². The second kappa shape index (κ2) is 23.1. The van der Waals surface area contributed by atoms with Crippen molar-refractivity contribution < 1.29 is 46.6 Å². The number of carbonyl (C=O) groups excluding carboxylic acids is 5. The van der Waals surface area contributed by atoms with Crippen LogP contribution in [0.15, 0.2) is 78.9 Å². The Labute approximate surface area is 437 Å². The second-order valence-electron chi connectivity index (χ2n) is 21.6. The zero-order valence-electron chi connectivity index (χ0n) is 43.6. The first-order valence-corrected chi connectivity index (χ1v) is 26.6. The lowest BCUT2D eigenvalue weighted by atomic mass is 9.80. The Morgan fingerprint density at radius 2 is 1.60 bits per heavy atom. The summed E-state index contributed by atoms with van der Waals surface area (Å²) in [5, 5.41) is 9.11. The average molecular weight is 1030 g/mol. The molecule has 7 atom stereocenters. The maximum absolute atomic E-state index is 15.2. The number of rotatable bonds is 16. The summed E-state index contributed by atoms with van der Waals surface area (Å²) in [4.78, 5) is 80.9. The first-order chi connectivity index (χ1) is 36.0. The van der Waals surface area contributed by atoms with Gasteiger partial charge in [-0.05, 0) is 123 Å². The smallest absolute Gasteiger partial charge is 0.252 e. The molecule has 3 N–H and O–H groups in total. The number of halogens is 3. The highest BCUT2D eigenvalue weighted by molar-refractivity contribution is 6.07. The number of para-hydroxylation sites is 1. The van der Waals surface area contributed by atoms with E-state index in [2.05, 4.69) is 39.6 Å². The van der Waals surface area contributed by atoms with E-state index in [1.165, 1.54) is 23.1 Å². The van der Waals surface area contributed by atoms with Crippen LogP contribution in [0.5, 0.6) is 0 Å². The highest BCUT2D eigenvalue weighted by Crippen LogP contribution is 2.44. The van der Waals surface area contributed by atoms with Gasteiger partial charge in [-0.1, -0.05) is 50.2 Å². The molecule has 17 heteroatoms. The molecule has 0 spiro atoms. The molecule has 75 heavy (non-hydrogen) atoms. The number of hydrogen-bond acceptors (Lipinski definition) is 10. The number of nitrogens with one attached hydrogen (secondary N) is 3. The topological polar surface area (TPSA) is 153 Å². The van der Waals surface area contributed by atoms with Gasteiger partial charge in [0.1, 0.15) is 35.0 Å². The lowest BCUT2D eigenvalue weighted by Gasteiger charge is -2.43. The molecule has 1 unspecified atom stereocenters. The first kappa shape index (κ1) is 53.8. The summed E-state index contributed by atoms with van der Waals surface area (Å²) in [6.07, 6.45) is 2.12. The molecule has 9 rings (SSSR count). The molecule has 4 aromatic carbocycles. The summed E-state index contributed by atoms with van der Waals surface area (Å²) in [6.45, 7) is 15.0. The van der Waals surface area contributed by atoms with E-state index < -0.39 is 52.4 Å². The Bertz CT molecular complexity index is 2750. The molecule has 400 valence electrons. The quantitative estimate of drug-likeness (QED) is 0.104. The molecule has 0 saturated carbocycles. The van der Waals surface area contributed by atoms with Gasteiger partial charge in [-0.3, -0.25) is 33.8 Å². The minimum atomic E-state index is -1.39. The minimum Gasteiger partial charge on any atom is -0.381 e. The van der Waals surface area contributed by atoms with Gasteiger partial charge in [0, 0.05) is 100 Å². The second-order valence-corrected chi connectivity index (χ2v) is 21.6. The average Bonchev–Trinajstić information content (AvgIpc) is 3.95. The lowest BCUT2D eigenvalue weighted by Crippen LogP contribution is -2.62. The fraction of sp³-hybridized carbons (Fsp3) is 0.500. The number of piperazine rings is 1. The third-order valence-electron chi connectivity index (χ3n) is 16.4. The molecule has 4 aromatic rings. The van der Waals surface area contributed by atoms with Crippen LogP contribution in [0.3, 0.4) is 0 Å². The van der Waals surface area contributed by atoms with Crippen molar-refractivity contribution in [2.24, 2.45) is 17.8 Å². The van der Waals surface area contributed by atoms with Crippen molar-refractivity contribution in [2.45, 2.75) is 103 Å². The van der Waals surface area contributed by atoms with E-state index in [1.54, 1.807) is 42.2 Å². The van der Waals surface area contributed by atoms with E-state index in [4.69, 9.17) is 9.47 Å². The van der Waals surface area contributed by atoms with Gasteiger partial charge in [-0.15, -0.1) is 0 Å². The predicted octanol–water partition coefficient (Wildman–Crippen LogP) is 7.39. The van der Waals surface area contributed by atoms with Crippen molar-refractivity contribution >= 4 is 46.5 Å². The van der Waals surface area contributed by atoms with E-state index in [-0.39, 0.29) is 73.5 Å². The normalized spacial score (nSPS) is 24.1. The highest BCUT2D eigenvalue weighted by Gasteiger charge is 2.49. The summed E-state index contributed by atoms with van der Waals surface area (Å²) in [7, 11) is 0. The molecule has 5 heterocycles. The van der Waals surface area contributed by atoms with Gasteiger partial charge < -0.3 is 35.2 Å². The SMILES string of the molecule is CC[C@@H](C)C(=O)C[C@H](C(=O)N1Cc2ccc(NC(=O)C3(C)CN(C(=O)CN4C[C@@H](C)NC[C@@H]4CN4CCOC[C@H]4C)c4cc(Cc5ccc(F)cc5)ccc43)cc2[C@H]1C(=O)Nc1c(F)cccc1F)C1CCOCC1. The largest absolute Gasteiger partial charge is 0.381 e. The number of hydrogen-bond donors (Lipinski definition) is 3. The van der Waals surface area contributed by atoms with Crippen LogP contribution in [0.4, 0.5) is 30.2 Å². The van der Waals surface area contributed by atoms with Crippen LogP contribution in [-0.2, 0) is 51.8 Å². The summed E-state index contributed by atoms with van der Waals surface area (Å²) >= 11 is 0. The molecular weight excluding hydrogens is 964 g/mol. The van der Waals surface area contributed by atoms with Gasteiger partial charge in [-0.25, -0.2) is 13.2 Å². The number of ether oxygens (including phenoxy) is 2. The van der Waals surface area contributed by atoms with Gasteiger partial charge >= 0.3 is 0 Å². The Morgan fingerprint density at radius 3 is 2.32 bits per heavy atom. The van der Waals surface area contributed by atoms with Crippen molar-refractivity contribution in [3.8, 4) is 0 Å². The van der Waals surface area contributed by atoms with Gasteiger partial charge in [0.05, 0.1) is 25.2 Å². The van der Waals surface area contributed by atoms with Crippen LogP contribution in [0.1, 0.15) is 94.2 Å². The molecular formula is C58H70F3N7O7. The first-order valence-electron chi connectivity index (χ1n) is 26.6. The van der Waals surface area contributed by atoms with Gasteiger partial charge in [0.25, 0.3) is 5.91 Å². The van der Waals surface area contributed by atoms with Crippen LogP contribution < -0.4 is 20.9 Å². The zero-order chi connectivity index (χ0) is 53.1. The molecule has 0 aromatic heterocycles. The molecule has 4 amide bonds. The molecule has 5 aliphatic heterocycles. The lowest BCUT2D eigenvalue weighted by molar-refractivity contribution is -0.147. The molecule has 3 saturated heterocycles. The van der Waals surface area contributed by atoms with Crippen LogP contribution in [0.2, 0.25) is 0 Å². The zero-order valence-corrected chi connectivity index (χ0v) is 43.6. The molecule has 0 bridgehead atoms. The number of nitrogens with zero attached hydrogens (tertiary/aromatic N) is 4. The monoisotopic (exact) mass is 1030 g/mol. The fourth-order valence-electron chi connectivity index (χ4n) is 11.6. The number of fused-ring (bicyclic) bond motifs is 2. The van der Waals surface area contributed by atoms with Crippen molar-refractivity contribution in [2.75, 3.05) is 81.2 Å². The third-order valence-corrected chi connectivity index (χ3v) is 16.4. The molecule has 0 aliphatic carbocycles. The standard InChI is InChI=1S/C58H70F3N7O7/c1-6-35(2)51(69)27-46(40-18-21-74-22-19-40)56(72)67-30-41-13-16-43(26-45(41)54(67)55(71)64-53-48(60)8-7-9-49(53)61)63-57(73)58(5)34-68(50-25-39(12-17-47(50)58)24-38-10-14-42(59)15-11-38)52(70)32-66-29-36(3)62-28-44(66)31-65-20-23-75-33-37(65)4/h7-17,25-26,35-37,40,44,46,54,62H,6,18-24,27-34H2,1-5H3,(H,63,73)(H,64,71)/t35-,36-,37-,44-,46+,54+,58?/m1/s1. The maximum Gasteiger partial charge on any atom is 0.252 e. The Morgan fingerprint density at radius 1 is 0.867 bits per heavy atom. The summed E-state index contributed by atoms with van der Waals surface area (Å²) in [5.41, 5.74) is 2.27. The minimum absolute atomic E-state index is 0.0230. The van der Waals surface area contributed by atoms with Gasteiger partial charge in [0.2, 0.25) is 17.7 Å². The van der Waals surface area contributed by atoms with E-state index >= 15 is 18.4 Å². The van der Waals surface area contributed by atoms with E-state index in [1.807, 2.05) is 32.0 Å². The summed E-state index contributed by atoms with van der Waals surface area (Å²) in [6, 6.07) is 19.3. The Hall–Kier alpha value is -5.98. The number of benzene rings is 4. The molecule has 0 radical (unpaired) electrons. The van der Waals surface area contributed by atoms with Crippen LogP contribution in [0.25, 0.3) is 0 Å². The number of carbonyl (C=O) groups is 5. The Balaban J connectivity index is 1.02. The van der Waals surface area contributed by atoms with Gasteiger partial charge in [-0.2, -0.15) is 0 Å². The number of morpholine rings is 1. The summed E-state index contributed by atoms with van der Waals surface area (Å²) < 4.78 is 55.6. The van der Waals surface area contributed by atoms with Crippen molar-refractivity contribution in [1.29, 1.82) is 0 Å². The highest BCUT2D eigenvalue weighted by atomic mass is 19.1. The van der Waals surface area contributed by atoms with Gasteiger partial charge in [0.15, 0.2) is 0 Å². The van der Waals surface area contributed by atoms with Crippen LogP contribution in [-0.4, -0.2) is 128 Å². The molecule has 5 aliphatic rings. The number of amides is 4. The molecule has 3 fully saturated rings. The van der Waals surface area contributed by atoms with Crippen LogP contribution >= 0.6 is 0 Å². The van der Waals surface area contributed by atoms with E-state index in [9.17, 15) is 18.8 Å².